The maximum absolute atomic E-state index is 12.4. The highest BCUT2D eigenvalue weighted by molar-refractivity contribution is 7.99. The van der Waals surface area contributed by atoms with Crippen LogP contribution >= 0.6 is 34.7 Å². The first-order valence-corrected chi connectivity index (χ1v) is 10.7. The molecule has 0 saturated heterocycles. The first-order chi connectivity index (χ1) is 13.6. The molecule has 0 aliphatic rings. The van der Waals surface area contributed by atoms with E-state index in [1.54, 1.807) is 18.0 Å². The molecule has 0 spiro atoms. The summed E-state index contributed by atoms with van der Waals surface area (Å²) in [7, 11) is 0. The molecule has 4 aromatic rings. The minimum absolute atomic E-state index is 0.317. The Labute approximate surface area is 175 Å². The number of carbonyl (C=O) groups excluding carboxylic acids is 1. The molecule has 0 atom stereocenters. The standard InChI is InChI=1S/C20H16ClN3O2S2/c1-13-18(28-20(23-13)24-8-2-3-9-24)19(25)26-10-11-27-17-6-7-22-16-12-14(21)4-5-15(16)17/h2-9,12H,10-11H2,1H3. The predicted molar refractivity (Wildman–Crippen MR) is 114 cm³/mol. The van der Waals surface area contributed by atoms with Crippen LogP contribution in [0.1, 0.15) is 15.4 Å². The smallest absolute Gasteiger partial charge is 0.350 e. The maximum Gasteiger partial charge on any atom is 0.350 e. The van der Waals surface area contributed by atoms with Crippen molar-refractivity contribution in [3.63, 3.8) is 0 Å². The van der Waals surface area contributed by atoms with Crippen molar-refractivity contribution in [1.29, 1.82) is 0 Å². The molecule has 0 N–H and O–H groups in total. The Balaban J connectivity index is 1.37. The SMILES string of the molecule is Cc1nc(-n2cccc2)sc1C(=O)OCCSc1ccnc2cc(Cl)ccc12. The molecule has 0 aliphatic heterocycles. The number of thiazole rings is 1. The fourth-order valence-electron chi connectivity index (χ4n) is 2.72. The molecule has 142 valence electrons. The van der Waals surface area contributed by atoms with Crippen molar-refractivity contribution < 1.29 is 9.53 Å². The monoisotopic (exact) mass is 429 g/mol. The van der Waals surface area contributed by atoms with E-state index in [1.165, 1.54) is 11.3 Å². The van der Waals surface area contributed by atoms with Gasteiger partial charge in [-0.25, -0.2) is 9.78 Å². The van der Waals surface area contributed by atoms with Crippen molar-refractivity contribution in [2.45, 2.75) is 11.8 Å². The summed E-state index contributed by atoms with van der Waals surface area (Å²) >= 11 is 8.98. The molecule has 0 radical (unpaired) electrons. The number of hydrogen-bond acceptors (Lipinski definition) is 6. The quantitative estimate of drug-likeness (QED) is 0.233. The van der Waals surface area contributed by atoms with Gasteiger partial charge in [0.15, 0.2) is 5.13 Å². The highest BCUT2D eigenvalue weighted by Gasteiger charge is 2.17. The Morgan fingerprint density at radius 1 is 1.29 bits per heavy atom. The molecule has 0 fully saturated rings. The summed E-state index contributed by atoms with van der Waals surface area (Å²) in [6, 6.07) is 11.5. The van der Waals surface area contributed by atoms with Crippen molar-refractivity contribution in [2.75, 3.05) is 12.4 Å². The summed E-state index contributed by atoms with van der Waals surface area (Å²) in [5, 5.41) is 2.46. The van der Waals surface area contributed by atoms with Gasteiger partial charge in [0.05, 0.1) is 11.2 Å². The van der Waals surface area contributed by atoms with Gasteiger partial charge in [0.1, 0.15) is 11.5 Å². The van der Waals surface area contributed by atoms with Gasteiger partial charge in [-0.2, -0.15) is 0 Å². The summed E-state index contributed by atoms with van der Waals surface area (Å²) in [5.74, 6) is 0.316. The first-order valence-electron chi connectivity index (χ1n) is 8.57. The van der Waals surface area contributed by atoms with Crippen LogP contribution in [-0.4, -0.2) is 32.9 Å². The molecule has 3 heterocycles. The van der Waals surface area contributed by atoms with Gasteiger partial charge in [-0.3, -0.25) is 4.98 Å². The second kappa shape index (κ2) is 8.34. The lowest BCUT2D eigenvalue weighted by atomic mass is 10.2. The highest BCUT2D eigenvalue weighted by atomic mass is 35.5. The predicted octanol–water partition coefficient (Wildman–Crippen LogP) is 5.39. The topological polar surface area (TPSA) is 57.0 Å². The zero-order valence-corrected chi connectivity index (χ0v) is 17.4. The van der Waals surface area contributed by atoms with E-state index >= 15 is 0 Å². The summed E-state index contributed by atoms with van der Waals surface area (Å²) in [4.78, 5) is 22.8. The second-order valence-electron chi connectivity index (χ2n) is 5.96. The molecule has 0 aliphatic carbocycles. The van der Waals surface area contributed by atoms with Crippen LogP contribution in [0.15, 0.2) is 59.9 Å². The first kappa shape index (κ1) is 19.0. The van der Waals surface area contributed by atoms with Gasteiger partial charge in [-0.15, -0.1) is 11.8 Å². The Morgan fingerprint density at radius 2 is 2.11 bits per heavy atom. The molecule has 0 unspecified atom stereocenters. The van der Waals surface area contributed by atoms with Gasteiger partial charge in [0.25, 0.3) is 0 Å². The number of nitrogens with zero attached hydrogens (tertiary/aromatic N) is 3. The minimum atomic E-state index is -0.333. The van der Waals surface area contributed by atoms with E-state index in [0.717, 1.165) is 20.9 Å². The van der Waals surface area contributed by atoms with Crippen LogP contribution in [-0.2, 0) is 4.74 Å². The van der Waals surface area contributed by atoms with Crippen molar-refractivity contribution in [3.05, 3.63) is 70.6 Å². The Morgan fingerprint density at radius 3 is 2.93 bits per heavy atom. The maximum atomic E-state index is 12.4. The number of esters is 1. The van der Waals surface area contributed by atoms with E-state index < -0.39 is 0 Å². The molecule has 0 amide bonds. The Hall–Kier alpha value is -2.35. The van der Waals surface area contributed by atoms with Crippen molar-refractivity contribution >= 4 is 51.6 Å². The van der Waals surface area contributed by atoms with Crippen LogP contribution in [0.25, 0.3) is 16.0 Å². The fraction of sp³-hybridized carbons (Fsp3) is 0.150. The van der Waals surface area contributed by atoms with Crippen LogP contribution in [0.5, 0.6) is 0 Å². The molecule has 3 aromatic heterocycles. The number of benzene rings is 1. The van der Waals surface area contributed by atoms with Gasteiger partial charge >= 0.3 is 5.97 Å². The van der Waals surface area contributed by atoms with Crippen molar-refractivity contribution in [1.82, 2.24) is 14.5 Å². The molecule has 5 nitrogen and oxygen atoms in total. The van der Waals surface area contributed by atoms with Crippen LogP contribution in [0.2, 0.25) is 5.02 Å². The van der Waals surface area contributed by atoms with E-state index in [1.807, 2.05) is 60.3 Å². The zero-order valence-electron chi connectivity index (χ0n) is 15.0. The number of aromatic nitrogens is 3. The molecule has 8 heteroatoms. The van der Waals surface area contributed by atoms with E-state index in [-0.39, 0.29) is 5.97 Å². The highest BCUT2D eigenvalue weighted by Crippen LogP contribution is 2.28. The molecule has 1 aromatic carbocycles. The number of rotatable bonds is 6. The van der Waals surface area contributed by atoms with Gasteiger partial charge in [-0.1, -0.05) is 29.0 Å². The molecule has 0 bridgehead atoms. The summed E-state index contributed by atoms with van der Waals surface area (Å²) in [5.41, 5.74) is 1.54. The van der Waals surface area contributed by atoms with Gasteiger partial charge < -0.3 is 9.30 Å². The summed E-state index contributed by atoms with van der Waals surface area (Å²) in [6.45, 7) is 2.14. The number of thioether (sulfide) groups is 1. The fourth-order valence-corrected chi connectivity index (χ4v) is 4.68. The number of halogens is 1. The normalized spacial score (nSPS) is 11.1. The minimum Gasteiger partial charge on any atom is -0.461 e. The van der Waals surface area contributed by atoms with E-state index in [0.29, 0.717) is 28.0 Å². The van der Waals surface area contributed by atoms with Crippen molar-refractivity contribution in [3.8, 4) is 5.13 Å². The summed E-state index contributed by atoms with van der Waals surface area (Å²) < 4.78 is 7.34. The van der Waals surface area contributed by atoms with Crippen LogP contribution in [0.3, 0.4) is 0 Å². The van der Waals surface area contributed by atoms with Crippen LogP contribution < -0.4 is 0 Å². The molecule has 0 saturated carbocycles. The number of aryl methyl sites for hydroxylation is 1. The van der Waals surface area contributed by atoms with Crippen molar-refractivity contribution in [2.24, 2.45) is 0 Å². The number of ether oxygens (including phenoxy) is 1. The number of carbonyl (C=O) groups is 1. The largest absolute Gasteiger partial charge is 0.461 e. The Bertz CT molecular complexity index is 1130. The third-order valence-corrected chi connectivity index (χ3v) is 6.46. The van der Waals surface area contributed by atoms with Gasteiger partial charge in [0, 0.05) is 39.6 Å². The second-order valence-corrected chi connectivity index (χ2v) is 8.51. The Kier molecular flexibility index (Phi) is 5.66. The number of hydrogen-bond donors (Lipinski definition) is 0. The van der Waals surface area contributed by atoms with Crippen LogP contribution in [0.4, 0.5) is 0 Å². The zero-order chi connectivity index (χ0) is 19.5. The van der Waals surface area contributed by atoms with Crippen LogP contribution in [0, 0.1) is 6.92 Å². The van der Waals surface area contributed by atoms with E-state index in [4.69, 9.17) is 16.3 Å². The molecular formula is C20H16ClN3O2S2. The van der Waals surface area contributed by atoms with Gasteiger partial charge in [-0.05, 0) is 37.3 Å². The average Bonchev–Trinajstić information content (AvgIpc) is 3.34. The lowest BCUT2D eigenvalue weighted by molar-refractivity contribution is 0.0535. The lowest BCUT2D eigenvalue weighted by Crippen LogP contribution is -2.07. The molecular weight excluding hydrogens is 414 g/mol. The summed E-state index contributed by atoms with van der Waals surface area (Å²) in [6.07, 6.45) is 5.56. The number of fused-ring (bicyclic) bond motifs is 1. The third-order valence-electron chi connectivity index (χ3n) is 4.03. The third kappa shape index (κ3) is 4.06. The average molecular weight is 430 g/mol. The lowest BCUT2D eigenvalue weighted by Gasteiger charge is -2.07. The number of pyridine rings is 1. The molecule has 4 rings (SSSR count). The molecule has 28 heavy (non-hydrogen) atoms. The van der Waals surface area contributed by atoms with Gasteiger partial charge in [0.2, 0.25) is 0 Å². The van der Waals surface area contributed by atoms with E-state index in [2.05, 4.69) is 9.97 Å². The van der Waals surface area contributed by atoms with E-state index in [9.17, 15) is 4.79 Å².